The van der Waals surface area contributed by atoms with Crippen LogP contribution in [0.1, 0.15) is 30.0 Å². The molecule has 0 saturated heterocycles. The normalized spacial score (nSPS) is 11.5. The maximum atomic E-state index is 2.58. The van der Waals surface area contributed by atoms with E-state index < -0.39 is 16.1 Å². The van der Waals surface area contributed by atoms with E-state index in [1.54, 1.807) is 0 Å². The molecule has 0 unspecified atom stereocenters. The van der Waals surface area contributed by atoms with Crippen LogP contribution >= 0.6 is 0 Å². The van der Waals surface area contributed by atoms with Crippen molar-refractivity contribution in [1.29, 1.82) is 0 Å². The standard InChI is InChI=1S/C11H11.C10H25Si2.C10H9.Sc/c1-8-6-7-9(2)11-5-3-4-10(8)11;1-8-9-10(11(2,3)4)12(5,6)7;1-8-4-2-5-9-6-3-7-10(8)9;/h3-7H,1-2H3;9-10H,8H2,1-7H3;2-7H,1H3;/q3*-1;+3. The van der Waals surface area contributed by atoms with E-state index in [4.69, 9.17) is 0 Å². The van der Waals surface area contributed by atoms with E-state index in [1.165, 1.54) is 44.7 Å². The minimum atomic E-state index is -0.937. The Balaban J connectivity index is 0.000000252. The van der Waals surface area contributed by atoms with Crippen LogP contribution in [0.15, 0.2) is 66.7 Å². The van der Waals surface area contributed by atoms with E-state index in [2.05, 4.69) is 140 Å². The molecular formula is C31H45ScSi2. The predicted octanol–water partition coefficient (Wildman–Crippen LogP) is 10.2. The minimum Gasteiger partial charge on any atom is -0.331 e. The average molecular weight is 519 g/mol. The maximum Gasteiger partial charge on any atom is 3.00 e. The van der Waals surface area contributed by atoms with Gasteiger partial charge in [-0.1, -0.05) is 76.4 Å². The molecule has 0 N–H and O–H groups in total. The Labute approximate surface area is 230 Å². The third-order valence-electron chi connectivity index (χ3n) is 6.48. The monoisotopic (exact) mass is 518 g/mol. The summed E-state index contributed by atoms with van der Waals surface area (Å²) < 4.78 is 0. The number of aryl methyl sites for hydroxylation is 3. The summed E-state index contributed by atoms with van der Waals surface area (Å²) >= 11 is 0. The van der Waals surface area contributed by atoms with Crippen LogP contribution < -0.4 is 0 Å². The first-order chi connectivity index (χ1) is 15.4. The maximum absolute atomic E-state index is 2.58. The van der Waals surface area contributed by atoms with E-state index in [0.717, 1.165) is 5.16 Å². The molecule has 0 saturated carbocycles. The van der Waals surface area contributed by atoms with Crippen molar-refractivity contribution in [3.8, 4) is 0 Å². The summed E-state index contributed by atoms with van der Waals surface area (Å²) in [6.07, 6.45) is 3.83. The number of hydrogen-bond acceptors (Lipinski definition) is 0. The van der Waals surface area contributed by atoms with Gasteiger partial charge in [0.1, 0.15) is 0 Å². The van der Waals surface area contributed by atoms with Gasteiger partial charge < -0.3 is 6.42 Å². The number of rotatable bonds is 4. The van der Waals surface area contributed by atoms with Crippen LogP contribution in [-0.4, -0.2) is 16.1 Å². The zero-order valence-corrected chi connectivity index (χ0v) is 27.1. The fourth-order valence-corrected chi connectivity index (χ4v) is 17.4. The van der Waals surface area contributed by atoms with Crippen molar-refractivity contribution in [3.63, 3.8) is 0 Å². The molecule has 0 aliphatic carbocycles. The molecule has 4 rings (SSSR count). The summed E-state index contributed by atoms with van der Waals surface area (Å²) in [4.78, 5) is 0. The van der Waals surface area contributed by atoms with Crippen molar-refractivity contribution < 1.29 is 25.8 Å². The predicted molar refractivity (Wildman–Crippen MR) is 158 cm³/mol. The molecule has 0 atom stereocenters. The molecule has 0 amide bonds. The molecule has 0 radical (unpaired) electrons. The number of benzene rings is 2. The molecule has 0 fully saturated rings. The van der Waals surface area contributed by atoms with Crippen LogP contribution in [-0.2, 0) is 25.8 Å². The molecule has 4 aromatic rings. The molecule has 34 heavy (non-hydrogen) atoms. The molecule has 4 aromatic carbocycles. The SMILES string of the molecule is CC[CH-]C([Si](C)(C)C)[Si](C)(C)C.Cc1ccc(C)c2[cH-]ccc12.Cc1cccc2[cH-]ccc12.[Sc+3]. The van der Waals surface area contributed by atoms with Gasteiger partial charge in [0.05, 0.1) is 0 Å². The zero-order chi connectivity index (χ0) is 24.8. The van der Waals surface area contributed by atoms with Crippen molar-refractivity contribution in [1.82, 2.24) is 0 Å². The van der Waals surface area contributed by atoms with E-state index in [9.17, 15) is 0 Å². The van der Waals surface area contributed by atoms with Crippen molar-refractivity contribution >= 4 is 37.7 Å². The van der Waals surface area contributed by atoms with Gasteiger partial charge in [-0.05, 0) is 13.8 Å². The summed E-state index contributed by atoms with van der Waals surface area (Å²) in [5, 5.41) is 6.49. The van der Waals surface area contributed by atoms with Crippen molar-refractivity contribution in [2.24, 2.45) is 0 Å². The van der Waals surface area contributed by atoms with Gasteiger partial charge in [0.2, 0.25) is 0 Å². The quantitative estimate of drug-likeness (QED) is 0.186. The van der Waals surface area contributed by atoms with E-state index >= 15 is 0 Å². The molecule has 0 aliphatic heterocycles. The van der Waals surface area contributed by atoms with Crippen molar-refractivity contribution in [2.45, 2.75) is 78.6 Å². The first-order valence-corrected chi connectivity index (χ1v) is 19.6. The molecule has 0 bridgehead atoms. The average Bonchev–Trinajstić information content (AvgIpc) is 3.39. The fraction of sp³-hybridized carbons (Fsp3) is 0.387. The van der Waals surface area contributed by atoms with Crippen molar-refractivity contribution in [3.05, 3.63) is 89.8 Å². The molecule has 0 aliphatic rings. The number of hydrogen-bond donors (Lipinski definition) is 0. The van der Waals surface area contributed by atoms with Gasteiger partial charge in [-0.25, -0.2) is 0 Å². The summed E-state index contributed by atoms with van der Waals surface area (Å²) in [6, 6.07) is 23.6. The van der Waals surface area contributed by atoms with Crippen LogP contribution in [0.5, 0.6) is 0 Å². The number of fused-ring (bicyclic) bond motifs is 2. The Hall–Kier alpha value is -1.04. The van der Waals surface area contributed by atoms with Gasteiger partial charge in [-0.3, -0.25) is 0 Å². The summed E-state index contributed by atoms with van der Waals surface area (Å²) in [5.41, 5.74) is 4.11. The molecule has 3 heteroatoms. The molecule has 0 spiro atoms. The Bertz CT molecular complexity index is 1090. The van der Waals surface area contributed by atoms with E-state index in [1.807, 2.05) is 0 Å². The van der Waals surface area contributed by atoms with Gasteiger partial charge >= 0.3 is 25.8 Å². The molecule has 0 nitrogen and oxygen atoms in total. The second kappa shape index (κ2) is 13.3. The van der Waals surface area contributed by atoms with Gasteiger partial charge in [0.25, 0.3) is 0 Å². The second-order valence-corrected chi connectivity index (χ2v) is 22.8. The zero-order valence-electron chi connectivity index (χ0n) is 23.3. The largest absolute Gasteiger partial charge is 3.00 e. The summed E-state index contributed by atoms with van der Waals surface area (Å²) in [5.74, 6) is 0. The second-order valence-electron chi connectivity index (χ2n) is 11.5. The smallest absolute Gasteiger partial charge is 0.331 e. The van der Waals surface area contributed by atoms with Crippen LogP contribution in [0.25, 0.3) is 21.5 Å². The van der Waals surface area contributed by atoms with Gasteiger partial charge in [-0.15, -0.1) is 57.4 Å². The minimum absolute atomic E-state index is 0. The van der Waals surface area contributed by atoms with Gasteiger partial charge in [0.15, 0.2) is 0 Å². The van der Waals surface area contributed by atoms with E-state index in [-0.39, 0.29) is 25.8 Å². The first-order valence-electron chi connectivity index (χ1n) is 12.4. The molecule has 0 aromatic heterocycles. The molecule has 0 heterocycles. The molecular weight excluding hydrogens is 473 g/mol. The van der Waals surface area contributed by atoms with Crippen LogP contribution in [0.4, 0.5) is 0 Å². The summed E-state index contributed by atoms with van der Waals surface area (Å²) in [6.45, 7) is 23.7. The van der Waals surface area contributed by atoms with Gasteiger partial charge in [-0.2, -0.15) is 35.9 Å². The van der Waals surface area contributed by atoms with Crippen LogP contribution in [0.3, 0.4) is 0 Å². The Morgan fingerprint density at radius 3 is 1.74 bits per heavy atom. The third kappa shape index (κ3) is 8.57. The fourth-order valence-electron chi connectivity index (χ4n) is 5.10. The van der Waals surface area contributed by atoms with Crippen LogP contribution in [0, 0.1) is 27.2 Å². The van der Waals surface area contributed by atoms with Gasteiger partial charge in [0, 0.05) is 16.1 Å². The Morgan fingerprint density at radius 1 is 0.706 bits per heavy atom. The van der Waals surface area contributed by atoms with E-state index in [0.29, 0.717) is 0 Å². The molecule has 180 valence electrons. The third-order valence-corrected chi connectivity index (χ3v) is 15.9. The Kier molecular flexibility index (Phi) is 12.1. The summed E-state index contributed by atoms with van der Waals surface area (Å²) in [7, 11) is -1.87. The van der Waals surface area contributed by atoms with Crippen molar-refractivity contribution in [2.75, 3.05) is 0 Å². The topological polar surface area (TPSA) is 0 Å². The van der Waals surface area contributed by atoms with Crippen LogP contribution in [0.2, 0.25) is 44.4 Å². The first kappa shape index (κ1) is 31.0. The Morgan fingerprint density at radius 2 is 1.24 bits per heavy atom.